The molecule has 2 N–H and O–H groups in total. The predicted molar refractivity (Wildman–Crippen MR) is 114 cm³/mol. The van der Waals surface area contributed by atoms with Gasteiger partial charge in [-0.1, -0.05) is 13.0 Å². The first-order chi connectivity index (χ1) is 16.4. The minimum absolute atomic E-state index is 0.121. The molecular weight excluding hydrogens is 477 g/mol. The summed E-state index contributed by atoms with van der Waals surface area (Å²) in [6.45, 7) is 1.75. The summed E-state index contributed by atoms with van der Waals surface area (Å²) in [5.74, 6) is -6.80. The van der Waals surface area contributed by atoms with E-state index in [0.29, 0.717) is 11.3 Å². The van der Waals surface area contributed by atoms with Crippen LogP contribution in [-0.4, -0.2) is 45.4 Å². The quantitative estimate of drug-likeness (QED) is 0.515. The SMILES string of the molecule is COc1c([C@H]2[C@H](C(=O)Nc3ccc4nc(CO)cn4c3)O[C@@](C)(C(F)(F)F)[C@H]2C)ccc(F)c1F. The number of methoxy groups -OCH3 is 1. The van der Waals surface area contributed by atoms with Crippen LogP contribution < -0.4 is 10.1 Å². The Balaban J connectivity index is 1.74. The summed E-state index contributed by atoms with van der Waals surface area (Å²) in [7, 11) is 1.06. The molecule has 3 aromatic rings. The maximum atomic E-state index is 14.4. The molecule has 0 radical (unpaired) electrons. The van der Waals surface area contributed by atoms with Crippen LogP contribution in [-0.2, 0) is 16.1 Å². The van der Waals surface area contributed by atoms with Gasteiger partial charge in [-0.2, -0.15) is 17.6 Å². The maximum Gasteiger partial charge on any atom is 0.417 e. The smallest absolute Gasteiger partial charge is 0.417 e. The molecule has 4 atom stereocenters. The first kappa shape index (κ1) is 24.9. The van der Waals surface area contributed by atoms with Crippen molar-refractivity contribution in [1.82, 2.24) is 9.38 Å². The van der Waals surface area contributed by atoms with Gasteiger partial charge < -0.3 is 24.3 Å². The Hall–Kier alpha value is -3.25. The molecule has 12 heteroatoms. The van der Waals surface area contributed by atoms with E-state index in [0.717, 1.165) is 26.2 Å². The average Bonchev–Trinajstić information content (AvgIpc) is 3.34. The summed E-state index contributed by atoms with van der Waals surface area (Å²) >= 11 is 0. The average molecular weight is 499 g/mol. The van der Waals surface area contributed by atoms with Gasteiger partial charge >= 0.3 is 6.18 Å². The second-order valence-electron chi connectivity index (χ2n) is 8.50. The lowest BCUT2D eigenvalue weighted by Crippen LogP contribution is -2.47. The fourth-order valence-electron chi connectivity index (χ4n) is 4.45. The molecule has 0 spiro atoms. The van der Waals surface area contributed by atoms with Crippen molar-refractivity contribution in [3.05, 3.63) is 59.6 Å². The number of aliphatic hydroxyl groups is 1. The van der Waals surface area contributed by atoms with Gasteiger partial charge in [0.1, 0.15) is 11.8 Å². The Bertz CT molecular complexity index is 1280. The molecule has 1 amide bonds. The van der Waals surface area contributed by atoms with Gasteiger partial charge in [-0.05, 0) is 25.1 Å². The van der Waals surface area contributed by atoms with Crippen LogP contribution in [0.1, 0.15) is 31.0 Å². The number of carbonyl (C=O) groups is 1. The number of carbonyl (C=O) groups excluding carboxylic acids is 1. The van der Waals surface area contributed by atoms with Gasteiger partial charge in [0, 0.05) is 29.8 Å². The van der Waals surface area contributed by atoms with Gasteiger partial charge in [-0.3, -0.25) is 4.79 Å². The molecule has 1 aliphatic heterocycles. The number of alkyl halides is 3. The van der Waals surface area contributed by atoms with E-state index >= 15 is 0 Å². The van der Waals surface area contributed by atoms with E-state index in [1.807, 2.05) is 0 Å². The summed E-state index contributed by atoms with van der Waals surface area (Å²) in [6.07, 6.45) is -3.58. The van der Waals surface area contributed by atoms with Gasteiger partial charge in [0.05, 0.1) is 25.1 Å². The maximum absolute atomic E-state index is 14.4. The van der Waals surface area contributed by atoms with Crippen molar-refractivity contribution < 1.29 is 41.3 Å². The highest BCUT2D eigenvalue weighted by Gasteiger charge is 2.65. The molecule has 1 fully saturated rings. The van der Waals surface area contributed by atoms with E-state index in [1.165, 1.54) is 29.8 Å². The molecule has 3 heterocycles. The summed E-state index contributed by atoms with van der Waals surface area (Å²) in [4.78, 5) is 17.4. The number of ether oxygens (including phenoxy) is 2. The zero-order chi connectivity index (χ0) is 25.7. The van der Waals surface area contributed by atoms with Crippen molar-refractivity contribution in [1.29, 1.82) is 0 Å². The van der Waals surface area contributed by atoms with E-state index < -0.39 is 53.0 Å². The molecule has 2 aromatic heterocycles. The lowest BCUT2D eigenvalue weighted by molar-refractivity contribution is -0.272. The number of rotatable bonds is 5. The Kier molecular flexibility index (Phi) is 6.22. The number of nitrogens with zero attached hydrogens (tertiary/aromatic N) is 2. The highest BCUT2D eigenvalue weighted by molar-refractivity contribution is 5.95. The molecule has 0 aliphatic carbocycles. The van der Waals surface area contributed by atoms with Crippen LogP contribution in [0.5, 0.6) is 5.75 Å². The number of amides is 1. The molecule has 0 unspecified atom stereocenters. The summed E-state index contributed by atoms with van der Waals surface area (Å²) in [5.41, 5.74) is -1.79. The number of imidazole rings is 1. The third-order valence-electron chi connectivity index (χ3n) is 6.50. The minimum atomic E-state index is -4.86. The Morgan fingerprint density at radius 1 is 1.26 bits per heavy atom. The fraction of sp³-hybridized carbons (Fsp3) is 0.391. The lowest BCUT2D eigenvalue weighted by atomic mass is 9.77. The number of aliphatic hydroxyl groups excluding tert-OH is 1. The molecule has 7 nitrogen and oxygen atoms in total. The Morgan fingerprint density at radius 2 is 1.97 bits per heavy atom. The normalized spacial score (nSPS) is 24.7. The number of anilines is 1. The highest BCUT2D eigenvalue weighted by atomic mass is 19.4. The molecule has 1 aromatic carbocycles. The van der Waals surface area contributed by atoms with Gasteiger partial charge in [0.2, 0.25) is 5.82 Å². The number of aromatic nitrogens is 2. The minimum Gasteiger partial charge on any atom is -0.493 e. The third-order valence-corrected chi connectivity index (χ3v) is 6.50. The molecule has 0 saturated carbocycles. The summed E-state index contributed by atoms with van der Waals surface area (Å²) < 4.78 is 82.2. The van der Waals surface area contributed by atoms with Crippen LogP contribution in [0.3, 0.4) is 0 Å². The standard InChI is InChI=1S/C23H22F5N3O4/c1-11-17(14-5-6-15(24)18(25)19(14)34-3)20(35-22(11,2)23(26,27)28)21(33)30-12-4-7-16-29-13(10-32)9-31(16)8-12/h4-9,11,17,20,32H,10H2,1-3H3,(H,30,33)/t11-,17-,20+,22+/m0/s1. The number of pyridine rings is 1. The number of fused-ring (bicyclic) bond motifs is 1. The number of hydrogen-bond donors (Lipinski definition) is 2. The zero-order valence-corrected chi connectivity index (χ0v) is 18.9. The molecular formula is C23H22F5N3O4. The van der Waals surface area contributed by atoms with E-state index in [1.54, 1.807) is 6.07 Å². The van der Waals surface area contributed by atoms with Crippen LogP contribution in [0.2, 0.25) is 0 Å². The number of benzene rings is 1. The van der Waals surface area contributed by atoms with Gasteiger partial charge in [0.25, 0.3) is 5.91 Å². The monoisotopic (exact) mass is 499 g/mol. The Labute approximate surface area is 196 Å². The zero-order valence-electron chi connectivity index (χ0n) is 18.9. The van der Waals surface area contributed by atoms with Crippen LogP contribution in [0, 0.1) is 17.6 Å². The highest BCUT2D eigenvalue weighted by Crippen LogP contribution is 2.55. The molecule has 4 rings (SSSR count). The van der Waals surface area contributed by atoms with Gasteiger partial charge in [0.15, 0.2) is 17.2 Å². The molecule has 188 valence electrons. The molecule has 1 aliphatic rings. The van der Waals surface area contributed by atoms with Crippen LogP contribution in [0.4, 0.5) is 27.6 Å². The predicted octanol–water partition coefficient (Wildman–Crippen LogP) is 4.19. The largest absolute Gasteiger partial charge is 0.493 e. The van der Waals surface area contributed by atoms with Crippen molar-refractivity contribution in [2.75, 3.05) is 12.4 Å². The third kappa shape index (κ3) is 4.10. The van der Waals surface area contributed by atoms with Crippen LogP contribution in [0.25, 0.3) is 5.65 Å². The fourth-order valence-corrected chi connectivity index (χ4v) is 4.45. The number of nitrogens with one attached hydrogen (secondary N) is 1. The van der Waals surface area contributed by atoms with Crippen LogP contribution in [0.15, 0.2) is 36.7 Å². The topological polar surface area (TPSA) is 85.1 Å². The molecule has 35 heavy (non-hydrogen) atoms. The number of halogens is 5. The van der Waals surface area contributed by atoms with E-state index in [-0.39, 0.29) is 17.9 Å². The summed E-state index contributed by atoms with van der Waals surface area (Å²) in [5, 5.41) is 11.8. The van der Waals surface area contributed by atoms with Crippen molar-refractivity contribution in [3.63, 3.8) is 0 Å². The van der Waals surface area contributed by atoms with Gasteiger partial charge in [-0.15, -0.1) is 0 Å². The van der Waals surface area contributed by atoms with Gasteiger partial charge in [-0.25, -0.2) is 9.37 Å². The Morgan fingerprint density at radius 3 is 2.60 bits per heavy atom. The van der Waals surface area contributed by atoms with Crippen LogP contribution >= 0.6 is 0 Å². The second-order valence-corrected chi connectivity index (χ2v) is 8.50. The van der Waals surface area contributed by atoms with E-state index in [4.69, 9.17) is 9.47 Å². The van der Waals surface area contributed by atoms with E-state index in [9.17, 15) is 31.9 Å². The molecule has 0 bridgehead atoms. The van der Waals surface area contributed by atoms with E-state index in [2.05, 4.69) is 10.3 Å². The molecule has 1 saturated heterocycles. The van der Waals surface area contributed by atoms with Crippen molar-refractivity contribution >= 4 is 17.2 Å². The van der Waals surface area contributed by atoms with Crippen molar-refractivity contribution in [2.45, 2.75) is 44.3 Å². The second kappa shape index (κ2) is 8.76. The first-order valence-electron chi connectivity index (χ1n) is 10.6. The summed E-state index contributed by atoms with van der Waals surface area (Å²) in [6, 6.07) is 4.89. The number of hydrogen-bond acceptors (Lipinski definition) is 5. The van der Waals surface area contributed by atoms with Crippen molar-refractivity contribution in [3.8, 4) is 5.75 Å². The van der Waals surface area contributed by atoms with Crippen molar-refractivity contribution in [2.24, 2.45) is 5.92 Å². The lowest BCUT2D eigenvalue weighted by Gasteiger charge is -2.32. The first-order valence-corrected chi connectivity index (χ1v) is 10.6.